The van der Waals surface area contributed by atoms with Crippen molar-refractivity contribution >= 4 is 9.84 Å². The van der Waals surface area contributed by atoms with E-state index in [0.29, 0.717) is 5.69 Å². The Bertz CT molecular complexity index is 877. The lowest BCUT2D eigenvalue weighted by Gasteiger charge is -2.10. The number of rotatable bonds is 5. The number of hydrogen-bond donors (Lipinski definition) is 0. The van der Waals surface area contributed by atoms with E-state index < -0.39 is 15.1 Å². The van der Waals surface area contributed by atoms with Crippen LogP contribution in [-0.4, -0.2) is 29.8 Å². The van der Waals surface area contributed by atoms with Crippen molar-refractivity contribution in [3.63, 3.8) is 0 Å². The van der Waals surface area contributed by atoms with Crippen LogP contribution in [0.1, 0.15) is 16.7 Å². The van der Waals surface area contributed by atoms with E-state index in [1.54, 1.807) is 24.4 Å². The van der Waals surface area contributed by atoms with Gasteiger partial charge in [-0.3, -0.25) is 4.98 Å². The molecule has 0 saturated heterocycles. The highest BCUT2D eigenvalue weighted by atomic mass is 32.2. The Morgan fingerprint density at radius 3 is 2.48 bits per heavy atom. The fourth-order valence-electron chi connectivity index (χ4n) is 2.22. The Labute approximate surface area is 134 Å². The third-order valence-corrected chi connectivity index (χ3v) is 4.79. The second-order valence-electron chi connectivity index (χ2n) is 5.18. The van der Waals surface area contributed by atoms with Gasteiger partial charge >= 0.3 is 0 Å². The predicted molar refractivity (Wildman–Crippen MR) is 85.3 cm³/mol. The number of hydrogen-bond acceptors (Lipinski definition) is 6. The molecule has 3 aromatic rings. The van der Waals surface area contributed by atoms with Crippen molar-refractivity contribution < 1.29 is 12.9 Å². The summed E-state index contributed by atoms with van der Waals surface area (Å²) in [5.41, 5.74) is 1.43. The minimum Gasteiger partial charge on any atom is -0.337 e. The summed E-state index contributed by atoms with van der Waals surface area (Å²) in [4.78, 5) is 8.36. The zero-order chi connectivity index (χ0) is 16.3. The van der Waals surface area contributed by atoms with Gasteiger partial charge in [-0.15, -0.1) is 0 Å². The van der Waals surface area contributed by atoms with Gasteiger partial charge in [-0.05, 0) is 24.1 Å². The molecule has 0 N–H and O–H groups in total. The maximum atomic E-state index is 12.1. The van der Waals surface area contributed by atoms with E-state index in [1.807, 2.05) is 30.3 Å². The van der Waals surface area contributed by atoms with Gasteiger partial charge in [0, 0.05) is 12.5 Å². The van der Waals surface area contributed by atoms with Crippen LogP contribution in [0, 0.1) is 0 Å². The Morgan fingerprint density at radius 2 is 1.83 bits per heavy atom. The van der Waals surface area contributed by atoms with Crippen molar-refractivity contribution in [3.8, 4) is 11.5 Å². The summed E-state index contributed by atoms with van der Waals surface area (Å²) in [5.74, 6) is 0.360. The fraction of sp³-hybridized carbons (Fsp3) is 0.188. The summed E-state index contributed by atoms with van der Waals surface area (Å²) in [6.07, 6.45) is 3.07. The molecule has 2 heterocycles. The van der Waals surface area contributed by atoms with Gasteiger partial charge in [0.1, 0.15) is 10.9 Å². The maximum Gasteiger partial charge on any atom is 0.245 e. The molecule has 1 atom stereocenters. The molecule has 0 aliphatic heterocycles. The summed E-state index contributed by atoms with van der Waals surface area (Å²) in [5, 5.41) is 2.97. The lowest BCUT2D eigenvalue weighted by atomic mass is 10.1. The lowest BCUT2D eigenvalue weighted by molar-refractivity contribution is 0.372. The van der Waals surface area contributed by atoms with Crippen LogP contribution >= 0.6 is 0 Å². The van der Waals surface area contributed by atoms with E-state index >= 15 is 0 Å². The standard InChI is InChI=1S/C16H15N3O3S/c1-23(20,21)14(11-12-7-3-2-4-8-12)16-18-15(19-22-16)13-9-5-6-10-17-13/h2-10,14H,11H2,1H3/t14-/m0/s1. The van der Waals surface area contributed by atoms with Crippen molar-refractivity contribution in [2.75, 3.05) is 6.26 Å². The van der Waals surface area contributed by atoms with E-state index in [2.05, 4.69) is 15.1 Å². The molecule has 118 valence electrons. The summed E-state index contributed by atoms with van der Waals surface area (Å²) in [7, 11) is -3.40. The van der Waals surface area contributed by atoms with Crippen LogP contribution in [0.3, 0.4) is 0 Å². The molecule has 7 heteroatoms. The van der Waals surface area contributed by atoms with Gasteiger partial charge in [-0.2, -0.15) is 4.98 Å². The summed E-state index contributed by atoms with van der Waals surface area (Å²) in [6.45, 7) is 0. The monoisotopic (exact) mass is 329 g/mol. The molecule has 0 fully saturated rings. The molecule has 3 rings (SSSR count). The number of sulfone groups is 1. The fourth-order valence-corrected chi connectivity index (χ4v) is 3.17. The van der Waals surface area contributed by atoms with Crippen molar-refractivity contribution in [1.82, 2.24) is 15.1 Å². The first-order chi connectivity index (χ1) is 11.0. The van der Waals surface area contributed by atoms with E-state index in [1.165, 1.54) is 6.26 Å². The topological polar surface area (TPSA) is 86.0 Å². The third-order valence-electron chi connectivity index (χ3n) is 3.39. The van der Waals surface area contributed by atoms with Gasteiger partial charge < -0.3 is 4.52 Å². The molecule has 0 radical (unpaired) electrons. The minimum atomic E-state index is -3.40. The van der Waals surface area contributed by atoms with Crippen LogP contribution in [-0.2, 0) is 16.3 Å². The molecule has 2 aromatic heterocycles. The lowest BCUT2D eigenvalue weighted by Crippen LogP contribution is -2.14. The van der Waals surface area contributed by atoms with E-state index in [-0.39, 0.29) is 18.1 Å². The Hall–Kier alpha value is -2.54. The average molecular weight is 329 g/mol. The normalized spacial score (nSPS) is 12.9. The zero-order valence-corrected chi connectivity index (χ0v) is 13.3. The SMILES string of the molecule is CS(=O)(=O)[C@@H](Cc1ccccc1)c1nc(-c2ccccn2)no1. The number of benzene rings is 1. The molecule has 0 amide bonds. The molecule has 0 saturated carbocycles. The van der Waals surface area contributed by atoms with Crippen LogP contribution < -0.4 is 0 Å². The Morgan fingerprint density at radius 1 is 1.09 bits per heavy atom. The molecule has 0 aliphatic carbocycles. The number of pyridine rings is 1. The molecule has 1 aromatic carbocycles. The van der Waals surface area contributed by atoms with Crippen LogP contribution in [0.25, 0.3) is 11.5 Å². The highest BCUT2D eigenvalue weighted by Gasteiger charge is 2.29. The highest BCUT2D eigenvalue weighted by Crippen LogP contribution is 2.26. The van der Waals surface area contributed by atoms with Gasteiger partial charge in [0.2, 0.25) is 11.7 Å². The largest absolute Gasteiger partial charge is 0.337 e. The third kappa shape index (κ3) is 3.62. The average Bonchev–Trinajstić information content (AvgIpc) is 3.03. The van der Waals surface area contributed by atoms with Crippen molar-refractivity contribution in [1.29, 1.82) is 0 Å². The van der Waals surface area contributed by atoms with Crippen molar-refractivity contribution in [2.24, 2.45) is 0 Å². The molecule has 0 bridgehead atoms. The van der Waals surface area contributed by atoms with Crippen LogP contribution in [0.4, 0.5) is 0 Å². The van der Waals surface area contributed by atoms with E-state index in [0.717, 1.165) is 5.56 Å². The highest BCUT2D eigenvalue weighted by molar-refractivity contribution is 7.90. The van der Waals surface area contributed by atoms with Crippen LogP contribution in [0.2, 0.25) is 0 Å². The molecule has 0 aliphatic rings. The van der Waals surface area contributed by atoms with Gasteiger partial charge in [0.15, 0.2) is 9.84 Å². The quantitative estimate of drug-likeness (QED) is 0.715. The van der Waals surface area contributed by atoms with Gasteiger partial charge in [0.05, 0.1) is 0 Å². The summed E-state index contributed by atoms with van der Waals surface area (Å²) < 4.78 is 29.5. The molecule has 6 nitrogen and oxygen atoms in total. The molecule has 23 heavy (non-hydrogen) atoms. The Balaban J connectivity index is 1.94. The predicted octanol–water partition coefficient (Wildman–Crippen LogP) is 2.46. The van der Waals surface area contributed by atoms with Crippen LogP contribution in [0.5, 0.6) is 0 Å². The molecular formula is C16H15N3O3S. The van der Waals surface area contributed by atoms with Gasteiger partial charge in [-0.25, -0.2) is 8.42 Å². The molecule has 0 unspecified atom stereocenters. The van der Waals surface area contributed by atoms with E-state index in [4.69, 9.17) is 4.52 Å². The first-order valence-electron chi connectivity index (χ1n) is 7.02. The zero-order valence-electron chi connectivity index (χ0n) is 12.5. The van der Waals surface area contributed by atoms with E-state index in [9.17, 15) is 8.42 Å². The summed E-state index contributed by atoms with van der Waals surface area (Å²) in [6, 6.07) is 14.7. The smallest absolute Gasteiger partial charge is 0.245 e. The van der Waals surface area contributed by atoms with Gasteiger partial charge in [0.25, 0.3) is 0 Å². The Kier molecular flexibility index (Phi) is 4.20. The first kappa shape index (κ1) is 15.4. The van der Waals surface area contributed by atoms with Crippen molar-refractivity contribution in [2.45, 2.75) is 11.7 Å². The van der Waals surface area contributed by atoms with Crippen LogP contribution in [0.15, 0.2) is 59.3 Å². The molecular weight excluding hydrogens is 314 g/mol. The first-order valence-corrected chi connectivity index (χ1v) is 8.97. The number of nitrogens with zero attached hydrogens (tertiary/aromatic N) is 3. The summed E-state index contributed by atoms with van der Waals surface area (Å²) >= 11 is 0. The second kappa shape index (κ2) is 6.29. The molecule has 0 spiro atoms. The maximum absolute atomic E-state index is 12.1. The second-order valence-corrected chi connectivity index (χ2v) is 7.41. The van der Waals surface area contributed by atoms with Gasteiger partial charge in [-0.1, -0.05) is 41.6 Å². The minimum absolute atomic E-state index is 0.0806. The number of aromatic nitrogens is 3. The van der Waals surface area contributed by atoms with Crippen molar-refractivity contribution in [3.05, 3.63) is 66.2 Å².